The molecule has 1 atom stereocenters. The SMILES string of the molecule is Cc1sc2c(c1C)C(c1ccc(Cl)cc1)=N[C@@H](CC(=O)N/N=C/c1ncc[nH]1)c1nnc(C)n1-2. The van der Waals surface area contributed by atoms with Gasteiger partial charge in [0, 0.05) is 33.4 Å². The van der Waals surface area contributed by atoms with Crippen molar-refractivity contribution < 1.29 is 4.79 Å². The van der Waals surface area contributed by atoms with Crippen LogP contribution in [0, 0.1) is 20.8 Å². The molecule has 0 saturated carbocycles. The number of carbonyl (C=O) groups excluding carboxylic acids is 1. The number of aromatic amines is 1. The Morgan fingerprint density at radius 1 is 1.26 bits per heavy atom. The summed E-state index contributed by atoms with van der Waals surface area (Å²) in [6.45, 7) is 6.09. The predicted molar refractivity (Wildman–Crippen MR) is 132 cm³/mol. The number of hydrogen-bond acceptors (Lipinski definition) is 7. The van der Waals surface area contributed by atoms with E-state index in [0.29, 0.717) is 16.7 Å². The van der Waals surface area contributed by atoms with E-state index in [2.05, 4.69) is 44.5 Å². The first-order valence-corrected chi connectivity index (χ1v) is 11.8. The fourth-order valence-electron chi connectivity index (χ4n) is 3.87. The normalized spacial score (nSPS) is 15.1. The first kappa shape index (κ1) is 22.2. The zero-order valence-electron chi connectivity index (χ0n) is 18.7. The number of aromatic nitrogens is 5. The Kier molecular flexibility index (Phi) is 5.84. The second-order valence-electron chi connectivity index (χ2n) is 7.88. The molecule has 1 aromatic carbocycles. The minimum absolute atomic E-state index is 0.0533. The molecule has 5 rings (SSSR count). The van der Waals surface area contributed by atoms with Gasteiger partial charge >= 0.3 is 0 Å². The number of amides is 1. The van der Waals surface area contributed by atoms with Crippen molar-refractivity contribution in [2.75, 3.05) is 0 Å². The van der Waals surface area contributed by atoms with Crippen LogP contribution in [0.5, 0.6) is 0 Å². The summed E-state index contributed by atoms with van der Waals surface area (Å²) in [5.41, 5.74) is 6.44. The van der Waals surface area contributed by atoms with Gasteiger partial charge in [-0.1, -0.05) is 23.7 Å². The number of nitrogens with zero attached hydrogens (tertiary/aromatic N) is 6. The smallest absolute Gasteiger partial charge is 0.242 e. The summed E-state index contributed by atoms with van der Waals surface area (Å²) >= 11 is 7.81. The van der Waals surface area contributed by atoms with Gasteiger partial charge in [0.15, 0.2) is 5.82 Å². The highest BCUT2D eigenvalue weighted by Gasteiger charge is 2.32. The first-order valence-electron chi connectivity index (χ1n) is 10.6. The summed E-state index contributed by atoms with van der Waals surface area (Å²) in [6.07, 6.45) is 4.79. The highest BCUT2D eigenvalue weighted by atomic mass is 35.5. The molecular formula is C23H21ClN8OS. The molecule has 11 heteroatoms. The predicted octanol–water partition coefficient (Wildman–Crippen LogP) is 4.06. The van der Waals surface area contributed by atoms with E-state index < -0.39 is 6.04 Å². The molecule has 4 aromatic rings. The lowest BCUT2D eigenvalue weighted by molar-refractivity contribution is -0.121. The summed E-state index contributed by atoms with van der Waals surface area (Å²) < 4.78 is 2.01. The van der Waals surface area contributed by atoms with E-state index in [9.17, 15) is 4.79 Å². The van der Waals surface area contributed by atoms with E-state index >= 15 is 0 Å². The van der Waals surface area contributed by atoms with Crippen molar-refractivity contribution in [1.82, 2.24) is 30.2 Å². The largest absolute Gasteiger partial charge is 0.344 e. The summed E-state index contributed by atoms with van der Waals surface area (Å²) in [4.78, 5) is 26.0. The van der Waals surface area contributed by atoms with Crippen LogP contribution in [0.15, 0.2) is 46.8 Å². The maximum Gasteiger partial charge on any atom is 0.242 e. The van der Waals surface area contributed by atoms with Gasteiger partial charge in [-0.3, -0.25) is 14.4 Å². The third kappa shape index (κ3) is 4.06. The molecule has 0 fully saturated rings. The number of halogens is 1. The second kappa shape index (κ2) is 8.96. The number of aliphatic imine (C=N–C) groups is 1. The van der Waals surface area contributed by atoms with Crippen molar-refractivity contribution in [2.45, 2.75) is 33.2 Å². The van der Waals surface area contributed by atoms with Crippen LogP contribution >= 0.6 is 22.9 Å². The summed E-state index contributed by atoms with van der Waals surface area (Å²) in [7, 11) is 0. The lowest BCUT2D eigenvalue weighted by Gasteiger charge is -2.12. The number of benzene rings is 1. The van der Waals surface area contributed by atoms with Gasteiger partial charge in [-0.25, -0.2) is 10.4 Å². The molecule has 3 aromatic heterocycles. The molecule has 0 spiro atoms. The third-order valence-corrected chi connectivity index (χ3v) is 7.08. The van der Waals surface area contributed by atoms with Crippen LogP contribution in [0.2, 0.25) is 5.02 Å². The van der Waals surface area contributed by atoms with E-state index in [-0.39, 0.29) is 12.3 Å². The average molecular weight is 493 g/mol. The fourth-order valence-corrected chi connectivity index (χ4v) is 5.21. The van der Waals surface area contributed by atoms with E-state index in [1.165, 1.54) is 11.1 Å². The Morgan fingerprint density at radius 3 is 2.79 bits per heavy atom. The highest BCUT2D eigenvalue weighted by Crippen LogP contribution is 2.39. The molecule has 9 nitrogen and oxygen atoms in total. The number of imidazole rings is 1. The Hall–Kier alpha value is -3.63. The number of aryl methyl sites for hydroxylation is 2. The van der Waals surface area contributed by atoms with Gasteiger partial charge < -0.3 is 4.98 Å². The number of H-pyrrole nitrogens is 1. The van der Waals surface area contributed by atoms with Gasteiger partial charge in [0.2, 0.25) is 5.91 Å². The molecule has 0 aliphatic carbocycles. The van der Waals surface area contributed by atoms with Gasteiger partial charge in [-0.2, -0.15) is 5.10 Å². The standard InChI is InChI=1S/C23H21ClN8OS/c1-12-13(2)34-23-20(12)21(15-4-6-16(24)7-5-15)28-17(22-31-29-14(3)32(22)23)10-19(33)30-27-11-18-25-8-9-26-18/h4-9,11,17H,10H2,1-3H3,(H,25,26)(H,30,33)/b27-11+/t17-/m0/s1. The van der Waals surface area contributed by atoms with Crippen LogP contribution in [0.4, 0.5) is 0 Å². The highest BCUT2D eigenvalue weighted by molar-refractivity contribution is 7.15. The van der Waals surface area contributed by atoms with Crippen molar-refractivity contribution >= 4 is 40.8 Å². The molecule has 1 aliphatic rings. The monoisotopic (exact) mass is 492 g/mol. The second-order valence-corrected chi connectivity index (χ2v) is 9.52. The van der Waals surface area contributed by atoms with Crippen LogP contribution < -0.4 is 5.43 Å². The van der Waals surface area contributed by atoms with E-state index in [1.54, 1.807) is 23.7 Å². The number of hydrazone groups is 1. The summed E-state index contributed by atoms with van der Waals surface area (Å²) in [5, 5.41) is 14.3. The van der Waals surface area contributed by atoms with E-state index in [0.717, 1.165) is 33.2 Å². The lowest BCUT2D eigenvalue weighted by atomic mass is 9.99. The third-order valence-electron chi connectivity index (χ3n) is 5.63. The first-order chi connectivity index (χ1) is 16.4. The maximum absolute atomic E-state index is 12.8. The fraction of sp³-hybridized carbons (Fsp3) is 0.217. The minimum Gasteiger partial charge on any atom is -0.344 e. The average Bonchev–Trinajstić information content (AvgIpc) is 3.51. The summed E-state index contributed by atoms with van der Waals surface area (Å²) in [5.74, 6) is 1.61. The maximum atomic E-state index is 12.8. The topological polar surface area (TPSA) is 113 Å². The zero-order valence-corrected chi connectivity index (χ0v) is 20.3. The van der Waals surface area contributed by atoms with Gasteiger partial charge in [-0.15, -0.1) is 21.5 Å². The number of fused-ring (bicyclic) bond motifs is 3. The molecule has 0 saturated heterocycles. The van der Waals surface area contributed by atoms with Gasteiger partial charge in [0.25, 0.3) is 0 Å². The zero-order chi connectivity index (χ0) is 23.8. The van der Waals surface area contributed by atoms with Crippen molar-refractivity contribution in [3.8, 4) is 5.00 Å². The molecule has 172 valence electrons. The van der Waals surface area contributed by atoms with Crippen molar-refractivity contribution in [3.05, 3.63) is 80.7 Å². The van der Waals surface area contributed by atoms with Gasteiger partial charge in [0.1, 0.15) is 22.7 Å². The van der Waals surface area contributed by atoms with Crippen LogP contribution in [-0.4, -0.2) is 42.6 Å². The number of nitrogens with one attached hydrogen (secondary N) is 2. The van der Waals surface area contributed by atoms with Crippen LogP contribution in [0.1, 0.15) is 51.5 Å². The Labute approximate surface area is 204 Å². The lowest BCUT2D eigenvalue weighted by Crippen LogP contribution is -2.21. The molecule has 0 bridgehead atoms. The Balaban J connectivity index is 1.56. The number of thiophene rings is 1. The molecule has 1 aliphatic heterocycles. The molecule has 34 heavy (non-hydrogen) atoms. The molecule has 0 unspecified atom stereocenters. The molecule has 4 heterocycles. The van der Waals surface area contributed by atoms with Gasteiger partial charge in [-0.05, 0) is 38.5 Å². The Morgan fingerprint density at radius 2 is 2.06 bits per heavy atom. The number of rotatable bonds is 5. The quantitative estimate of drug-likeness (QED) is 0.323. The van der Waals surface area contributed by atoms with E-state index in [4.69, 9.17) is 16.6 Å². The van der Waals surface area contributed by atoms with Crippen molar-refractivity contribution in [2.24, 2.45) is 10.1 Å². The molecule has 0 radical (unpaired) electrons. The van der Waals surface area contributed by atoms with Crippen molar-refractivity contribution in [1.29, 1.82) is 0 Å². The molecule has 2 N–H and O–H groups in total. The van der Waals surface area contributed by atoms with Crippen LogP contribution in [-0.2, 0) is 4.79 Å². The minimum atomic E-state index is -0.551. The van der Waals surface area contributed by atoms with Gasteiger partial charge in [0.05, 0.1) is 18.3 Å². The number of hydrogen-bond donors (Lipinski definition) is 2. The van der Waals surface area contributed by atoms with Crippen LogP contribution in [0.25, 0.3) is 5.00 Å². The number of carbonyl (C=O) groups is 1. The summed E-state index contributed by atoms with van der Waals surface area (Å²) in [6, 6.07) is 7.03. The van der Waals surface area contributed by atoms with Crippen molar-refractivity contribution in [3.63, 3.8) is 0 Å². The molecular weight excluding hydrogens is 472 g/mol. The Bertz CT molecular complexity index is 1420. The van der Waals surface area contributed by atoms with Crippen LogP contribution in [0.3, 0.4) is 0 Å². The van der Waals surface area contributed by atoms with E-state index in [1.807, 2.05) is 35.8 Å². The molecule has 1 amide bonds.